The maximum Gasteiger partial charge on any atom is 0.410 e. The van der Waals surface area contributed by atoms with Crippen molar-refractivity contribution in [1.82, 2.24) is 9.80 Å². The number of carbonyl (C=O) groups is 2. The fraction of sp³-hybridized carbons (Fsp3) is 0.556. The summed E-state index contributed by atoms with van der Waals surface area (Å²) in [5.41, 5.74) is 6.42. The lowest BCUT2D eigenvalue weighted by molar-refractivity contribution is -0.130. The number of piperidine rings is 1. The van der Waals surface area contributed by atoms with Crippen LogP contribution in [0.5, 0.6) is 0 Å². The highest BCUT2D eigenvalue weighted by molar-refractivity contribution is 5.78. The van der Waals surface area contributed by atoms with Gasteiger partial charge < -0.3 is 20.3 Å². The zero-order valence-electron chi connectivity index (χ0n) is 14.3. The predicted molar refractivity (Wildman–Crippen MR) is 92.2 cm³/mol. The summed E-state index contributed by atoms with van der Waals surface area (Å²) in [5, 5.41) is 0. The minimum atomic E-state index is -0.261. The summed E-state index contributed by atoms with van der Waals surface area (Å²) in [6.07, 6.45) is 1.51. The molecular formula is C18H27N3O3. The fourth-order valence-electron chi connectivity index (χ4n) is 2.96. The number of amides is 2. The van der Waals surface area contributed by atoms with Gasteiger partial charge in [-0.15, -0.1) is 0 Å². The first kappa shape index (κ1) is 18.3. The maximum absolute atomic E-state index is 12.1. The summed E-state index contributed by atoms with van der Waals surface area (Å²) in [6.45, 7) is 5.06. The molecule has 0 atom stereocenters. The van der Waals surface area contributed by atoms with Crippen molar-refractivity contribution in [3.8, 4) is 0 Å². The van der Waals surface area contributed by atoms with Gasteiger partial charge in [-0.05, 0) is 31.2 Å². The molecule has 2 rings (SSSR count). The van der Waals surface area contributed by atoms with Crippen molar-refractivity contribution in [2.45, 2.75) is 26.4 Å². The average molecular weight is 333 g/mol. The van der Waals surface area contributed by atoms with Gasteiger partial charge in [-0.1, -0.05) is 30.3 Å². The van der Waals surface area contributed by atoms with E-state index in [1.54, 1.807) is 9.80 Å². The normalized spacial score (nSPS) is 15.2. The summed E-state index contributed by atoms with van der Waals surface area (Å²) in [7, 11) is 0. The Bertz CT molecular complexity index is 528. The van der Waals surface area contributed by atoms with Crippen LogP contribution >= 0.6 is 0 Å². The minimum absolute atomic E-state index is 0.0119. The summed E-state index contributed by atoms with van der Waals surface area (Å²) in [5.74, 6) is 0.404. The lowest BCUT2D eigenvalue weighted by Crippen LogP contribution is -2.44. The van der Waals surface area contributed by atoms with E-state index in [-0.39, 0.29) is 18.5 Å². The highest BCUT2D eigenvalue weighted by Gasteiger charge is 2.25. The Kier molecular flexibility index (Phi) is 7.06. The lowest BCUT2D eigenvalue weighted by atomic mass is 9.96. The summed E-state index contributed by atoms with van der Waals surface area (Å²) < 4.78 is 5.37. The molecule has 6 heteroatoms. The van der Waals surface area contributed by atoms with E-state index in [9.17, 15) is 9.59 Å². The second-order valence-corrected chi connectivity index (χ2v) is 6.11. The van der Waals surface area contributed by atoms with Gasteiger partial charge in [0.15, 0.2) is 0 Å². The van der Waals surface area contributed by atoms with Crippen LogP contribution in [0.15, 0.2) is 30.3 Å². The molecule has 2 amide bonds. The number of ether oxygens (including phenoxy) is 1. The third-order valence-electron chi connectivity index (χ3n) is 4.47. The average Bonchev–Trinajstić information content (AvgIpc) is 2.64. The molecule has 0 bridgehead atoms. The number of likely N-dealkylation sites (tertiary alicyclic amines) is 1. The molecule has 132 valence electrons. The third-order valence-corrected chi connectivity index (χ3v) is 4.47. The molecule has 0 unspecified atom stereocenters. The maximum atomic E-state index is 12.1. The SMILES string of the molecule is CCN(CC1CCN(C(=O)OCc2ccccc2)CC1)C(=O)CN. The van der Waals surface area contributed by atoms with Crippen molar-refractivity contribution in [2.24, 2.45) is 11.7 Å². The first-order chi connectivity index (χ1) is 11.6. The number of carbonyl (C=O) groups excluding carboxylic acids is 2. The van der Waals surface area contributed by atoms with E-state index < -0.39 is 0 Å². The van der Waals surface area contributed by atoms with E-state index >= 15 is 0 Å². The molecule has 24 heavy (non-hydrogen) atoms. The first-order valence-electron chi connectivity index (χ1n) is 8.57. The van der Waals surface area contributed by atoms with Gasteiger partial charge in [0.25, 0.3) is 0 Å². The number of hydrogen-bond acceptors (Lipinski definition) is 4. The zero-order chi connectivity index (χ0) is 17.4. The molecule has 1 aliphatic heterocycles. The number of benzene rings is 1. The predicted octanol–water partition coefficient (Wildman–Crippen LogP) is 1.84. The summed E-state index contributed by atoms with van der Waals surface area (Å²) >= 11 is 0. The van der Waals surface area contributed by atoms with Crippen LogP contribution in [0.3, 0.4) is 0 Å². The third kappa shape index (κ3) is 5.23. The van der Waals surface area contributed by atoms with Gasteiger partial charge in [-0.3, -0.25) is 4.79 Å². The molecule has 1 aliphatic rings. The second kappa shape index (κ2) is 9.27. The lowest BCUT2D eigenvalue weighted by Gasteiger charge is -2.34. The van der Waals surface area contributed by atoms with Crippen molar-refractivity contribution < 1.29 is 14.3 Å². The molecule has 0 aliphatic carbocycles. The smallest absolute Gasteiger partial charge is 0.410 e. The Morgan fingerprint density at radius 1 is 1.25 bits per heavy atom. The van der Waals surface area contributed by atoms with Gasteiger partial charge in [-0.2, -0.15) is 0 Å². The molecule has 1 heterocycles. The van der Waals surface area contributed by atoms with Crippen LogP contribution < -0.4 is 5.73 Å². The van der Waals surface area contributed by atoms with Gasteiger partial charge in [0, 0.05) is 26.2 Å². The molecule has 1 aromatic carbocycles. The number of rotatable bonds is 6. The Morgan fingerprint density at radius 2 is 1.92 bits per heavy atom. The molecule has 6 nitrogen and oxygen atoms in total. The van der Waals surface area contributed by atoms with Gasteiger partial charge in [0.05, 0.1) is 6.54 Å². The van der Waals surface area contributed by atoms with Crippen LogP contribution in [0.4, 0.5) is 4.79 Å². The van der Waals surface area contributed by atoms with Gasteiger partial charge in [0.1, 0.15) is 6.61 Å². The van der Waals surface area contributed by atoms with Crippen LogP contribution in [0, 0.1) is 5.92 Å². The van der Waals surface area contributed by atoms with Gasteiger partial charge in [-0.25, -0.2) is 4.79 Å². The number of nitrogens with zero attached hydrogens (tertiary/aromatic N) is 2. The van der Waals surface area contributed by atoms with E-state index in [1.165, 1.54) is 0 Å². The zero-order valence-corrected chi connectivity index (χ0v) is 14.3. The van der Waals surface area contributed by atoms with Crippen molar-refractivity contribution in [1.29, 1.82) is 0 Å². The number of hydrogen-bond donors (Lipinski definition) is 1. The van der Waals surface area contributed by atoms with Crippen LogP contribution in [0.2, 0.25) is 0 Å². The molecule has 1 saturated heterocycles. The second-order valence-electron chi connectivity index (χ2n) is 6.11. The van der Waals surface area contributed by atoms with Crippen molar-refractivity contribution >= 4 is 12.0 Å². The number of nitrogens with two attached hydrogens (primary N) is 1. The number of likely N-dealkylation sites (N-methyl/N-ethyl adjacent to an activating group) is 1. The molecule has 1 aromatic rings. The summed E-state index contributed by atoms with van der Waals surface area (Å²) in [4.78, 5) is 27.4. The minimum Gasteiger partial charge on any atom is -0.445 e. The van der Waals surface area contributed by atoms with E-state index in [2.05, 4.69) is 0 Å². The topological polar surface area (TPSA) is 75.9 Å². The molecule has 0 spiro atoms. The summed E-state index contributed by atoms with van der Waals surface area (Å²) in [6, 6.07) is 9.67. The molecular weight excluding hydrogens is 306 g/mol. The largest absolute Gasteiger partial charge is 0.445 e. The van der Waals surface area contributed by atoms with Crippen LogP contribution in [0.25, 0.3) is 0 Å². The van der Waals surface area contributed by atoms with Crippen molar-refractivity contribution in [3.05, 3.63) is 35.9 Å². The highest BCUT2D eigenvalue weighted by Crippen LogP contribution is 2.19. The van der Waals surface area contributed by atoms with Crippen LogP contribution in [-0.4, -0.2) is 54.5 Å². The van der Waals surface area contributed by atoms with Gasteiger partial charge >= 0.3 is 6.09 Å². The van der Waals surface area contributed by atoms with Crippen LogP contribution in [-0.2, 0) is 16.1 Å². The van der Waals surface area contributed by atoms with Crippen molar-refractivity contribution in [2.75, 3.05) is 32.7 Å². The molecule has 0 saturated carbocycles. The van der Waals surface area contributed by atoms with Crippen LogP contribution in [0.1, 0.15) is 25.3 Å². The molecule has 0 radical (unpaired) electrons. The highest BCUT2D eigenvalue weighted by atomic mass is 16.6. The molecule has 1 fully saturated rings. The Hall–Kier alpha value is -2.08. The Balaban J connectivity index is 1.73. The fourth-order valence-corrected chi connectivity index (χ4v) is 2.96. The van der Waals surface area contributed by atoms with E-state index in [0.29, 0.717) is 32.2 Å². The molecule has 0 aromatic heterocycles. The standard InChI is InChI=1S/C18H27N3O3/c1-2-20(17(22)12-19)13-15-8-10-21(11-9-15)18(23)24-14-16-6-4-3-5-7-16/h3-7,15H,2,8-14,19H2,1H3. The Labute approximate surface area is 143 Å². The van der Waals surface area contributed by atoms with E-state index in [0.717, 1.165) is 24.9 Å². The van der Waals surface area contributed by atoms with Gasteiger partial charge in [0.2, 0.25) is 5.91 Å². The first-order valence-corrected chi connectivity index (χ1v) is 8.57. The quantitative estimate of drug-likeness (QED) is 0.862. The van der Waals surface area contributed by atoms with Crippen molar-refractivity contribution in [3.63, 3.8) is 0 Å². The molecule has 2 N–H and O–H groups in total. The Morgan fingerprint density at radius 3 is 2.50 bits per heavy atom. The monoisotopic (exact) mass is 333 g/mol. The van der Waals surface area contributed by atoms with E-state index in [1.807, 2.05) is 37.3 Å². The van der Waals surface area contributed by atoms with E-state index in [4.69, 9.17) is 10.5 Å².